The fourth-order valence-corrected chi connectivity index (χ4v) is 4.75. The van der Waals surface area contributed by atoms with Gasteiger partial charge in [0.25, 0.3) is 0 Å². The second-order valence-corrected chi connectivity index (χ2v) is 7.46. The number of rotatable bonds is 3. The van der Waals surface area contributed by atoms with Crippen LogP contribution in [0.1, 0.15) is 49.3 Å². The van der Waals surface area contributed by atoms with E-state index in [-0.39, 0.29) is 0 Å². The minimum Gasteiger partial charge on any atom is -0.497 e. The van der Waals surface area contributed by atoms with Crippen LogP contribution in [0.5, 0.6) is 5.75 Å². The van der Waals surface area contributed by atoms with Crippen LogP contribution in [0.3, 0.4) is 0 Å². The third-order valence-corrected chi connectivity index (χ3v) is 6.17. The van der Waals surface area contributed by atoms with Crippen molar-refractivity contribution < 1.29 is 9.53 Å². The molecule has 1 heterocycles. The summed E-state index contributed by atoms with van der Waals surface area (Å²) in [4.78, 5) is 17.3. The number of carbonyl (C=O) groups is 1. The first-order chi connectivity index (χ1) is 11.8. The molecule has 1 aromatic carbocycles. The van der Waals surface area contributed by atoms with Gasteiger partial charge in [0.2, 0.25) is 5.91 Å². The third kappa shape index (κ3) is 2.92. The molecule has 0 bridgehead atoms. The molecule has 1 amide bonds. The zero-order valence-corrected chi connectivity index (χ0v) is 14.7. The van der Waals surface area contributed by atoms with Crippen LogP contribution < -0.4 is 4.74 Å². The van der Waals surface area contributed by atoms with Crippen molar-refractivity contribution in [2.45, 2.75) is 44.6 Å². The number of carbonyl (C=O) groups excluding carboxylic acids is 1. The monoisotopic (exact) mass is 328 g/mol. The van der Waals surface area contributed by atoms with Gasteiger partial charge in [-0.2, -0.15) is 0 Å². The van der Waals surface area contributed by atoms with Crippen LogP contribution in [0.15, 0.2) is 18.2 Å². The molecule has 0 aromatic heterocycles. The van der Waals surface area contributed by atoms with Crippen LogP contribution >= 0.6 is 0 Å². The van der Waals surface area contributed by atoms with E-state index in [1.54, 1.807) is 7.11 Å². The van der Waals surface area contributed by atoms with Gasteiger partial charge in [-0.05, 0) is 48.9 Å². The maximum absolute atomic E-state index is 12.6. The molecule has 1 atom stereocenters. The first-order valence-corrected chi connectivity index (χ1v) is 9.46. The Balaban J connectivity index is 1.39. The number of ether oxygens (including phenoxy) is 1. The Morgan fingerprint density at radius 1 is 1.08 bits per heavy atom. The molecular weight excluding hydrogens is 300 g/mol. The molecule has 24 heavy (non-hydrogen) atoms. The molecule has 4 rings (SSSR count). The Labute approximate surface area is 144 Å². The van der Waals surface area contributed by atoms with Gasteiger partial charge < -0.3 is 9.64 Å². The zero-order valence-electron chi connectivity index (χ0n) is 14.7. The summed E-state index contributed by atoms with van der Waals surface area (Å²) in [6, 6.07) is 7.00. The van der Waals surface area contributed by atoms with E-state index >= 15 is 0 Å². The fraction of sp³-hybridized carbons (Fsp3) is 0.650. The summed E-state index contributed by atoms with van der Waals surface area (Å²) < 4.78 is 5.41. The van der Waals surface area contributed by atoms with Crippen LogP contribution in [-0.2, 0) is 11.2 Å². The van der Waals surface area contributed by atoms with E-state index in [1.165, 1.54) is 30.4 Å². The molecule has 2 aliphatic carbocycles. The summed E-state index contributed by atoms with van der Waals surface area (Å²) in [5.74, 6) is 1.68. The van der Waals surface area contributed by atoms with E-state index in [0.717, 1.165) is 51.2 Å². The number of nitrogens with zero attached hydrogens (tertiary/aromatic N) is 2. The summed E-state index contributed by atoms with van der Waals surface area (Å²) >= 11 is 0. The molecule has 3 aliphatic rings. The molecule has 4 nitrogen and oxygen atoms in total. The van der Waals surface area contributed by atoms with Gasteiger partial charge in [-0.1, -0.05) is 18.9 Å². The maximum atomic E-state index is 12.6. The zero-order chi connectivity index (χ0) is 16.5. The van der Waals surface area contributed by atoms with Crippen LogP contribution in [0.4, 0.5) is 0 Å². The normalized spacial score (nSPS) is 25.0. The molecule has 1 saturated carbocycles. The molecule has 4 heteroatoms. The van der Waals surface area contributed by atoms with E-state index < -0.39 is 0 Å². The van der Waals surface area contributed by atoms with Crippen molar-refractivity contribution in [1.82, 2.24) is 9.80 Å². The number of amides is 1. The quantitative estimate of drug-likeness (QED) is 0.855. The summed E-state index contributed by atoms with van der Waals surface area (Å²) in [6.07, 6.45) is 7.03. The summed E-state index contributed by atoms with van der Waals surface area (Å²) in [5, 5.41) is 0. The minimum atomic E-state index is 0.313. The highest BCUT2D eigenvalue weighted by molar-refractivity contribution is 5.79. The molecule has 1 unspecified atom stereocenters. The lowest BCUT2D eigenvalue weighted by molar-refractivity contribution is -0.137. The Kier molecular flexibility index (Phi) is 4.49. The summed E-state index contributed by atoms with van der Waals surface area (Å²) in [6.45, 7) is 3.79. The van der Waals surface area contributed by atoms with Gasteiger partial charge >= 0.3 is 0 Å². The number of methoxy groups -OCH3 is 1. The average Bonchev–Trinajstić information content (AvgIpc) is 3.30. The number of hydrogen-bond donors (Lipinski definition) is 0. The van der Waals surface area contributed by atoms with Gasteiger partial charge in [-0.3, -0.25) is 9.69 Å². The highest BCUT2D eigenvalue weighted by Crippen LogP contribution is 2.38. The molecule has 0 spiro atoms. The van der Waals surface area contributed by atoms with Gasteiger partial charge in [0, 0.05) is 38.1 Å². The molecule has 1 aliphatic heterocycles. The van der Waals surface area contributed by atoms with Crippen molar-refractivity contribution in [3.63, 3.8) is 0 Å². The second-order valence-electron chi connectivity index (χ2n) is 7.46. The van der Waals surface area contributed by atoms with Crippen molar-refractivity contribution in [3.8, 4) is 5.75 Å². The van der Waals surface area contributed by atoms with Crippen molar-refractivity contribution in [3.05, 3.63) is 29.3 Å². The topological polar surface area (TPSA) is 32.8 Å². The predicted octanol–water partition coefficient (Wildman–Crippen LogP) is 3.02. The van der Waals surface area contributed by atoms with Gasteiger partial charge in [0.1, 0.15) is 5.75 Å². The van der Waals surface area contributed by atoms with Crippen LogP contribution in [0, 0.1) is 5.92 Å². The smallest absolute Gasteiger partial charge is 0.225 e. The molecule has 1 aromatic rings. The lowest BCUT2D eigenvalue weighted by Crippen LogP contribution is -2.50. The van der Waals surface area contributed by atoms with Crippen LogP contribution in [0.2, 0.25) is 0 Å². The number of hydrogen-bond acceptors (Lipinski definition) is 3. The Morgan fingerprint density at radius 3 is 2.54 bits per heavy atom. The molecule has 1 saturated heterocycles. The fourth-order valence-electron chi connectivity index (χ4n) is 4.75. The number of piperazine rings is 1. The SMILES string of the molecule is COc1ccc2c(c1)C(N1CCN(C(=O)C3CCCC3)CC1)CC2. The first kappa shape index (κ1) is 15.9. The van der Waals surface area contributed by atoms with Crippen molar-refractivity contribution in [2.24, 2.45) is 5.92 Å². The van der Waals surface area contributed by atoms with Crippen molar-refractivity contribution in [1.29, 1.82) is 0 Å². The Morgan fingerprint density at radius 2 is 1.83 bits per heavy atom. The van der Waals surface area contributed by atoms with Crippen molar-refractivity contribution in [2.75, 3.05) is 33.3 Å². The predicted molar refractivity (Wildman–Crippen MR) is 94.2 cm³/mol. The van der Waals surface area contributed by atoms with Gasteiger partial charge in [0.05, 0.1) is 7.11 Å². The highest BCUT2D eigenvalue weighted by atomic mass is 16.5. The average molecular weight is 328 g/mol. The highest BCUT2D eigenvalue weighted by Gasteiger charge is 2.33. The van der Waals surface area contributed by atoms with E-state index in [4.69, 9.17) is 4.74 Å². The van der Waals surface area contributed by atoms with Gasteiger partial charge in [-0.25, -0.2) is 0 Å². The summed E-state index contributed by atoms with van der Waals surface area (Å²) in [7, 11) is 1.74. The standard InChI is InChI=1S/C20H28N2O2/c1-24-17-8-6-15-7-9-19(18(15)14-17)21-10-12-22(13-11-21)20(23)16-4-2-3-5-16/h6,8,14,16,19H,2-5,7,9-13H2,1H3. The van der Waals surface area contributed by atoms with Crippen LogP contribution in [0.25, 0.3) is 0 Å². The molecule has 130 valence electrons. The lowest BCUT2D eigenvalue weighted by Gasteiger charge is -2.39. The first-order valence-electron chi connectivity index (χ1n) is 9.46. The van der Waals surface area contributed by atoms with E-state index in [1.807, 2.05) is 0 Å². The number of benzene rings is 1. The molecule has 2 fully saturated rings. The minimum absolute atomic E-state index is 0.313. The number of aryl methyl sites for hydroxylation is 1. The van der Waals surface area contributed by atoms with E-state index in [0.29, 0.717) is 17.9 Å². The van der Waals surface area contributed by atoms with Crippen molar-refractivity contribution >= 4 is 5.91 Å². The molecular formula is C20H28N2O2. The third-order valence-electron chi connectivity index (χ3n) is 6.17. The van der Waals surface area contributed by atoms with Crippen LogP contribution in [-0.4, -0.2) is 49.0 Å². The second kappa shape index (κ2) is 6.75. The Bertz CT molecular complexity index is 602. The van der Waals surface area contributed by atoms with E-state index in [2.05, 4.69) is 28.0 Å². The Hall–Kier alpha value is -1.55. The maximum Gasteiger partial charge on any atom is 0.225 e. The molecule has 0 radical (unpaired) electrons. The largest absolute Gasteiger partial charge is 0.497 e. The van der Waals surface area contributed by atoms with Gasteiger partial charge in [-0.15, -0.1) is 0 Å². The lowest BCUT2D eigenvalue weighted by atomic mass is 10.0. The number of fused-ring (bicyclic) bond motifs is 1. The van der Waals surface area contributed by atoms with Gasteiger partial charge in [0.15, 0.2) is 0 Å². The summed E-state index contributed by atoms with van der Waals surface area (Å²) in [5.41, 5.74) is 2.90. The molecule has 0 N–H and O–H groups in total. The van der Waals surface area contributed by atoms with E-state index in [9.17, 15) is 4.79 Å².